The second-order valence-corrected chi connectivity index (χ2v) is 7.14. The smallest absolute Gasteiger partial charge is 0.191 e. The highest BCUT2D eigenvalue weighted by atomic mass is 127. The Morgan fingerprint density at radius 3 is 2.40 bits per heavy atom. The SMILES string of the molecule is CN=C(NCC(C)c1c(C)noc1C)NC1CCN(C(C)C)CC1.I. The van der Waals surface area contributed by atoms with Crippen molar-refractivity contribution in [1.82, 2.24) is 20.7 Å². The van der Waals surface area contributed by atoms with Gasteiger partial charge in [0.25, 0.3) is 0 Å². The van der Waals surface area contributed by atoms with Gasteiger partial charge in [-0.25, -0.2) is 0 Å². The van der Waals surface area contributed by atoms with E-state index in [0.29, 0.717) is 18.0 Å². The minimum atomic E-state index is 0. The molecule has 0 aliphatic carbocycles. The summed E-state index contributed by atoms with van der Waals surface area (Å²) in [7, 11) is 1.83. The number of likely N-dealkylation sites (tertiary alicyclic amines) is 1. The number of aliphatic imine (C=N–C) groups is 1. The van der Waals surface area contributed by atoms with E-state index < -0.39 is 0 Å². The van der Waals surface area contributed by atoms with Crippen LogP contribution in [-0.2, 0) is 0 Å². The summed E-state index contributed by atoms with van der Waals surface area (Å²) in [5.41, 5.74) is 2.17. The lowest BCUT2D eigenvalue weighted by Crippen LogP contribution is -2.50. The van der Waals surface area contributed by atoms with Crippen LogP contribution in [0.25, 0.3) is 0 Å². The van der Waals surface area contributed by atoms with Crippen LogP contribution in [-0.4, -0.2) is 54.8 Å². The molecule has 0 saturated carbocycles. The molecule has 144 valence electrons. The fourth-order valence-corrected chi connectivity index (χ4v) is 3.49. The highest BCUT2D eigenvalue weighted by Gasteiger charge is 2.22. The Morgan fingerprint density at radius 1 is 1.28 bits per heavy atom. The molecule has 0 radical (unpaired) electrons. The third-order valence-corrected chi connectivity index (χ3v) is 4.98. The molecular formula is C18H34IN5O. The first kappa shape index (κ1) is 22.2. The van der Waals surface area contributed by atoms with Crippen molar-refractivity contribution < 1.29 is 4.52 Å². The zero-order chi connectivity index (χ0) is 17.7. The molecule has 1 atom stereocenters. The van der Waals surface area contributed by atoms with Gasteiger partial charge in [-0.2, -0.15) is 0 Å². The second kappa shape index (κ2) is 10.4. The second-order valence-electron chi connectivity index (χ2n) is 7.14. The normalized spacial score (nSPS) is 18.1. The number of guanidine groups is 1. The van der Waals surface area contributed by atoms with E-state index in [0.717, 1.165) is 49.9 Å². The molecule has 0 bridgehead atoms. The number of rotatable bonds is 5. The lowest BCUT2D eigenvalue weighted by atomic mass is 9.99. The molecule has 25 heavy (non-hydrogen) atoms. The lowest BCUT2D eigenvalue weighted by Gasteiger charge is -2.35. The van der Waals surface area contributed by atoms with Gasteiger partial charge in [-0.05, 0) is 40.5 Å². The van der Waals surface area contributed by atoms with Gasteiger partial charge in [0.15, 0.2) is 5.96 Å². The highest BCUT2D eigenvalue weighted by Crippen LogP contribution is 2.22. The summed E-state index contributed by atoms with van der Waals surface area (Å²) in [5, 5.41) is 11.1. The molecule has 1 aromatic heterocycles. The van der Waals surface area contributed by atoms with Crippen LogP contribution in [0.15, 0.2) is 9.52 Å². The Hall–Kier alpha value is -0.830. The molecule has 1 aliphatic rings. The summed E-state index contributed by atoms with van der Waals surface area (Å²) < 4.78 is 5.27. The van der Waals surface area contributed by atoms with E-state index in [1.54, 1.807) is 0 Å². The monoisotopic (exact) mass is 463 g/mol. The molecule has 7 heteroatoms. The van der Waals surface area contributed by atoms with Crippen LogP contribution >= 0.6 is 24.0 Å². The number of piperidine rings is 1. The fraction of sp³-hybridized carbons (Fsp3) is 0.778. The average Bonchev–Trinajstić information content (AvgIpc) is 2.90. The number of nitrogens with one attached hydrogen (secondary N) is 2. The topological polar surface area (TPSA) is 65.7 Å². The van der Waals surface area contributed by atoms with Gasteiger partial charge in [0.2, 0.25) is 0 Å². The van der Waals surface area contributed by atoms with Gasteiger partial charge in [0.05, 0.1) is 5.69 Å². The van der Waals surface area contributed by atoms with Gasteiger partial charge >= 0.3 is 0 Å². The first-order valence-electron chi connectivity index (χ1n) is 9.06. The van der Waals surface area contributed by atoms with Crippen LogP contribution < -0.4 is 10.6 Å². The largest absolute Gasteiger partial charge is 0.361 e. The zero-order valence-electron chi connectivity index (χ0n) is 16.4. The number of halogens is 1. The summed E-state index contributed by atoms with van der Waals surface area (Å²) >= 11 is 0. The first-order valence-corrected chi connectivity index (χ1v) is 9.06. The van der Waals surface area contributed by atoms with Crippen molar-refractivity contribution in [3.8, 4) is 0 Å². The van der Waals surface area contributed by atoms with Crippen LogP contribution in [0.2, 0.25) is 0 Å². The number of aryl methyl sites for hydroxylation is 2. The lowest BCUT2D eigenvalue weighted by molar-refractivity contribution is 0.167. The highest BCUT2D eigenvalue weighted by molar-refractivity contribution is 14.0. The van der Waals surface area contributed by atoms with Gasteiger partial charge in [0.1, 0.15) is 5.76 Å². The zero-order valence-corrected chi connectivity index (χ0v) is 18.8. The van der Waals surface area contributed by atoms with Crippen molar-refractivity contribution in [2.75, 3.05) is 26.7 Å². The molecule has 0 amide bonds. The molecule has 1 fully saturated rings. The first-order chi connectivity index (χ1) is 11.4. The van der Waals surface area contributed by atoms with E-state index in [9.17, 15) is 0 Å². The molecule has 6 nitrogen and oxygen atoms in total. The molecule has 0 aromatic carbocycles. The predicted octanol–water partition coefficient (Wildman–Crippen LogP) is 3.05. The molecule has 1 unspecified atom stereocenters. The maximum atomic E-state index is 5.27. The minimum Gasteiger partial charge on any atom is -0.361 e. The summed E-state index contributed by atoms with van der Waals surface area (Å²) in [6, 6.07) is 1.14. The van der Waals surface area contributed by atoms with Gasteiger partial charge < -0.3 is 20.1 Å². The van der Waals surface area contributed by atoms with E-state index in [1.165, 1.54) is 5.56 Å². The van der Waals surface area contributed by atoms with Crippen LogP contribution in [0.4, 0.5) is 0 Å². The van der Waals surface area contributed by atoms with E-state index in [2.05, 4.69) is 46.5 Å². The van der Waals surface area contributed by atoms with Gasteiger partial charge in [-0.15, -0.1) is 24.0 Å². The Balaban J connectivity index is 0.00000312. The third kappa shape index (κ3) is 6.13. The van der Waals surface area contributed by atoms with E-state index in [1.807, 2.05) is 20.9 Å². The summed E-state index contributed by atoms with van der Waals surface area (Å²) in [5.74, 6) is 2.12. The number of hydrogen-bond acceptors (Lipinski definition) is 4. The maximum Gasteiger partial charge on any atom is 0.191 e. The fourth-order valence-electron chi connectivity index (χ4n) is 3.49. The van der Waals surface area contributed by atoms with Crippen molar-refractivity contribution in [2.45, 2.75) is 65.5 Å². The number of hydrogen-bond donors (Lipinski definition) is 2. The molecule has 2 rings (SSSR count). The standard InChI is InChI=1S/C18H33N5O.HI/c1-12(2)23-9-7-16(8-10-23)21-18(19-6)20-11-13(3)17-14(4)22-24-15(17)5;/h12-13,16H,7-11H2,1-6H3,(H2,19,20,21);1H. The summed E-state index contributed by atoms with van der Waals surface area (Å²) in [6.07, 6.45) is 2.33. The minimum absolute atomic E-state index is 0. The van der Waals surface area contributed by atoms with Crippen molar-refractivity contribution >= 4 is 29.9 Å². The van der Waals surface area contributed by atoms with Gasteiger partial charge in [-0.1, -0.05) is 12.1 Å². The molecule has 2 N–H and O–H groups in total. The van der Waals surface area contributed by atoms with E-state index in [4.69, 9.17) is 4.52 Å². The van der Waals surface area contributed by atoms with Crippen molar-refractivity contribution in [2.24, 2.45) is 4.99 Å². The average molecular weight is 463 g/mol. The van der Waals surface area contributed by atoms with Crippen molar-refractivity contribution in [1.29, 1.82) is 0 Å². The summed E-state index contributed by atoms with van der Waals surface area (Å²) in [6.45, 7) is 13.8. The van der Waals surface area contributed by atoms with Gasteiger partial charge in [0, 0.05) is 50.2 Å². The Kier molecular flexibility index (Phi) is 9.20. The Bertz CT molecular complexity index is 530. The van der Waals surface area contributed by atoms with Crippen LogP contribution in [0, 0.1) is 13.8 Å². The van der Waals surface area contributed by atoms with E-state index in [-0.39, 0.29) is 24.0 Å². The number of aromatic nitrogens is 1. The molecule has 0 spiro atoms. The van der Waals surface area contributed by atoms with Crippen LogP contribution in [0.5, 0.6) is 0 Å². The Morgan fingerprint density at radius 2 is 1.92 bits per heavy atom. The Labute approximate surface area is 169 Å². The van der Waals surface area contributed by atoms with E-state index >= 15 is 0 Å². The quantitative estimate of drug-likeness (QED) is 0.399. The molecule has 2 heterocycles. The number of nitrogens with zero attached hydrogens (tertiary/aromatic N) is 3. The maximum absolute atomic E-state index is 5.27. The van der Waals surface area contributed by atoms with Crippen LogP contribution in [0.1, 0.15) is 56.5 Å². The van der Waals surface area contributed by atoms with Crippen LogP contribution in [0.3, 0.4) is 0 Å². The molecule has 1 saturated heterocycles. The third-order valence-electron chi connectivity index (χ3n) is 4.98. The predicted molar refractivity (Wildman–Crippen MR) is 114 cm³/mol. The molecule has 1 aromatic rings. The molecule has 1 aliphatic heterocycles. The van der Waals surface area contributed by atoms with Gasteiger partial charge in [-0.3, -0.25) is 4.99 Å². The van der Waals surface area contributed by atoms with Crippen molar-refractivity contribution in [3.05, 3.63) is 17.0 Å². The molecular weight excluding hydrogens is 429 g/mol. The van der Waals surface area contributed by atoms with Crippen molar-refractivity contribution in [3.63, 3.8) is 0 Å². The summed E-state index contributed by atoms with van der Waals surface area (Å²) in [4.78, 5) is 6.91.